The number of hydrogen-bond donors (Lipinski definition) is 4. The zero-order valence-electron chi connectivity index (χ0n) is 23.2. The minimum Gasteiger partial charge on any atom is -0.492 e. The number of hydrogen-bond acceptors (Lipinski definition) is 8. The van der Waals surface area contributed by atoms with Gasteiger partial charge in [-0.15, -0.1) is 0 Å². The van der Waals surface area contributed by atoms with Gasteiger partial charge in [0.25, 0.3) is 0 Å². The van der Waals surface area contributed by atoms with Crippen molar-refractivity contribution in [1.82, 2.24) is 4.90 Å². The van der Waals surface area contributed by atoms with Crippen molar-refractivity contribution in [3.63, 3.8) is 0 Å². The van der Waals surface area contributed by atoms with E-state index < -0.39 is 37.3 Å². The van der Waals surface area contributed by atoms with Gasteiger partial charge in [-0.25, -0.2) is 0 Å². The molecular weight excluding hydrogens is 510 g/mol. The molecule has 1 heterocycles. The summed E-state index contributed by atoms with van der Waals surface area (Å²) in [5.74, 6) is 1.22. The second-order valence-electron chi connectivity index (χ2n) is 10.1. The zero-order valence-corrected chi connectivity index (χ0v) is 23.2. The molecule has 0 aliphatic carbocycles. The van der Waals surface area contributed by atoms with Crippen LogP contribution in [0, 0.1) is 0 Å². The van der Waals surface area contributed by atoms with E-state index in [0.717, 1.165) is 41.0 Å². The van der Waals surface area contributed by atoms with E-state index in [0.29, 0.717) is 12.4 Å². The second kappa shape index (κ2) is 13.9. The summed E-state index contributed by atoms with van der Waals surface area (Å²) in [5, 5.41) is 39.9. The Bertz CT molecular complexity index is 1230. The first-order valence-electron chi connectivity index (χ1n) is 13.6. The van der Waals surface area contributed by atoms with Crippen LogP contribution in [-0.2, 0) is 4.74 Å². The Morgan fingerprint density at radius 1 is 0.775 bits per heavy atom. The Balaban J connectivity index is 1.63. The predicted octanol–water partition coefficient (Wildman–Crippen LogP) is 3.17. The fourth-order valence-electron chi connectivity index (χ4n) is 4.74. The molecule has 1 fully saturated rings. The zero-order chi connectivity index (χ0) is 28.6. The number of benzene rings is 3. The molecule has 3 aromatic carbocycles. The molecular formula is C32H39NO7. The highest BCUT2D eigenvalue weighted by atomic mass is 16.7. The minimum absolute atomic E-state index is 0.412. The molecule has 0 bridgehead atoms. The van der Waals surface area contributed by atoms with Crippen LogP contribution in [0.4, 0.5) is 0 Å². The van der Waals surface area contributed by atoms with Gasteiger partial charge in [-0.3, -0.25) is 0 Å². The summed E-state index contributed by atoms with van der Waals surface area (Å²) in [5.41, 5.74) is 5.41. The lowest BCUT2D eigenvalue weighted by Crippen LogP contribution is -2.60. The summed E-state index contributed by atoms with van der Waals surface area (Å²) >= 11 is 0. The third kappa shape index (κ3) is 7.09. The first-order valence-corrected chi connectivity index (χ1v) is 13.6. The summed E-state index contributed by atoms with van der Waals surface area (Å²) in [6.07, 6.45) is -5.89. The first kappa shape index (κ1) is 29.7. The second-order valence-corrected chi connectivity index (χ2v) is 10.1. The molecule has 4 rings (SSSR count). The van der Waals surface area contributed by atoms with Crippen LogP contribution in [0.15, 0.2) is 78.9 Å². The molecule has 0 unspecified atom stereocenters. The van der Waals surface area contributed by atoms with Crippen molar-refractivity contribution in [1.29, 1.82) is 0 Å². The molecule has 0 radical (unpaired) electrons. The van der Waals surface area contributed by atoms with Crippen LogP contribution in [-0.4, -0.2) is 89.9 Å². The smallest absolute Gasteiger partial charge is 0.229 e. The SMILES string of the molecule is CC/C(=C(/c1ccc(OCCN(C)C)cc1)c1ccc(O[C@@H]2O[C@H](CO)[C@@H](O)[C@H](O)[C@H]2O)cc1)c1ccccc1. The molecule has 0 spiro atoms. The van der Waals surface area contributed by atoms with E-state index in [1.54, 1.807) is 12.1 Å². The average Bonchev–Trinajstić information content (AvgIpc) is 2.97. The lowest BCUT2D eigenvalue weighted by atomic mass is 9.88. The molecule has 0 saturated carbocycles. The van der Waals surface area contributed by atoms with Gasteiger partial charge in [-0.05, 0) is 72.6 Å². The van der Waals surface area contributed by atoms with Crippen molar-refractivity contribution in [2.24, 2.45) is 0 Å². The number of aliphatic hydroxyl groups excluding tert-OH is 4. The van der Waals surface area contributed by atoms with Gasteiger partial charge >= 0.3 is 0 Å². The number of likely N-dealkylation sites (N-methyl/N-ethyl adjacent to an activating group) is 1. The van der Waals surface area contributed by atoms with Crippen molar-refractivity contribution < 1.29 is 34.6 Å². The monoisotopic (exact) mass is 549 g/mol. The molecule has 3 aromatic rings. The predicted molar refractivity (Wildman–Crippen MR) is 154 cm³/mol. The molecule has 0 aromatic heterocycles. The van der Waals surface area contributed by atoms with Crippen LogP contribution < -0.4 is 9.47 Å². The van der Waals surface area contributed by atoms with Crippen molar-refractivity contribution in [2.45, 2.75) is 44.1 Å². The molecule has 1 aliphatic heterocycles. The lowest BCUT2D eigenvalue weighted by molar-refractivity contribution is -0.277. The maximum Gasteiger partial charge on any atom is 0.229 e. The Hall–Kier alpha value is -3.24. The standard InChI is InChI=1S/C32H39NO7/c1-4-26(21-8-6-5-7-9-21)28(22-10-14-24(15-11-22)38-19-18-33(2)3)23-12-16-25(17-13-23)39-32-31(37)30(36)29(35)27(20-34)40-32/h5-17,27,29-32,34-37H,4,18-20H2,1-3H3/b28-26+/t27-,29-,30+,31-,32-/m1/s1. The van der Waals surface area contributed by atoms with E-state index in [4.69, 9.17) is 14.2 Å². The number of aliphatic hydroxyl groups is 4. The van der Waals surface area contributed by atoms with Crippen LogP contribution in [0.25, 0.3) is 11.1 Å². The summed E-state index contributed by atoms with van der Waals surface area (Å²) in [6, 6.07) is 25.8. The third-order valence-electron chi connectivity index (χ3n) is 6.97. The van der Waals surface area contributed by atoms with Crippen LogP contribution in [0.5, 0.6) is 11.5 Å². The van der Waals surface area contributed by atoms with Gasteiger partial charge in [0.15, 0.2) is 0 Å². The fourth-order valence-corrected chi connectivity index (χ4v) is 4.74. The molecule has 1 aliphatic rings. The van der Waals surface area contributed by atoms with Gasteiger partial charge in [0, 0.05) is 6.54 Å². The van der Waals surface area contributed by atoms with Crippen LogP contribution >= 0.6 is 0 Å². The summed E-state index contributed by atoms with van der Waals surface area (Å²) in [6.45, 7) is 3.06. The summed E-state index contributed by atoms with van der Waals surface area (Å²) < 4.78 is 17.2. The van der Waals surface area contributed by atoms with Gasteiger partial charge in [-0.1, -0.05) is 61.5 Å². The highest BCUT2D eigenvalue weighted by Gasteiger charge is 2.44. The van der Waals surface area contributed by atoms with Crippen molar-refractivity contribution in [3.05, 3.63) is 95.6 Å². The normalized spacial score (nSPS) is 23.6. The largest absolute Gasteiger partial charge is 0.492 e. The van der Waals surface area contributed by atoms with Crippen molar-refractivity contribution in [3.8, 4) is 11.5 Å². The quantitative estimate of drug-likeness (QED) is 0.270. The first-order chi connectivity index (χ1) is 19.3. The molecule has 8 nitrogen and oxygen atoms in total. The van der Waals surface area contributed by atoms with Gasteiger partial charge in [0.2, 0.25) is 6.29 Å². The highest BCUT2D eigenvalue weighted by Crippen LogP contribution is 2.36. The van der Waals surface area contributed by atoms with Crippen LogP contribution in [0.2, 0.25) is 0 Å². The van der Waals surface area contributed by atoms with Crippen molar-refractivity contribution >= 4 is 11.1 Å². The topological polar surface area (TPSA) is 112 Å². The van der Waals surface area contributed by atoms with E-state index in [-0.39, 0.29) is 0 Å². The van der Waals surface area contributed by atoms with E-state index in [1.165, 1.54) is 5.57 Å². The molecule has 40 heavy (non-hydrogen) atoms. The van der Waals surface area contributed by atoms with Gasteiger partial charge in [0.05, 0.1) is 6.61 Å². The van der Waals surface area contributed by atoms with Gasteiger partial charge in [0.1, 0.15) is 42.5 Å². The van der Waals surface area contributed by atoms with Crippen LogP contribution in [0.3, 0.4) is 0 Å². The number of ether oxygens (including phenoxy) is 3. The summed E-state index contributed by atoms with van der Waals surface area (Å²) in [7, 11) is 4.03. The Kier molecular flexibility index (Phi) is 10.3. The Labute approximate surface area is 235 Å². The molecule has 4 N–H and O–H groups in total. The van der Waals surface area contributed by atoms with Gasteiger partial charge in [-0.2, -0.15) is 0 Å². The maximum atomic E-state index is 10.3. The number of rotatable bonds is 11. The Morgan fingerprint density at radius 2 is 1.38 bits per heavy atom. The third-order valence-corrected chi connectivity index (χ3v) is 6.97. The molecule has 8 heteroatoms. The Morgan fingerprint density at radius 3 is 1.93 bits per heavy atom. The highest BCUT2D eigenvalue weighted by molar-refractivity contribution is 5.98. The van der Waals surface area contributed by atoms with E-state index in [1.807, 2.05) is 56.6 Å². The number of nitrogens with zero attached hydrogens (tertiary/aromatic N) is 1. The molecule has 5 atom stereocenters. The van der Waals surface area contributed by atoms with Crippen LogP contribution in [0.1, 0.15) is 30.0 Å². The maximum absolute atomic E-state index is 10.3. The fraction of sp³-hybridized carbons (Fsp3) is 0.375. The van der Waals surface area contributed by atoms with Gasteiger partial charge < -0.3 is 39.5 Å². The minimum atomic E-state index is -1.50. The summed E-state index contributed by atoms with van der Waals surface area (Å²) in [4.78, 5) is 2.08. The average molecular weight is 550 g/mol. The van der Waals surface area contributed by atoms with Crippen molar-refractivity contribution in [2.75, 3.05) is 33.9 Å². The molecule has 1 saturated heterocycles. The van der Waals surface area contributed by atoms with E-state index in [2.05, 4.69) is 36.1 Å². The number of allylic oxidation sites excluding steroid dienone is 1. The lowest BCUT2D eigenvalue weighted by Gasteiger charge is -2.39. The molecule has 0 amide bonds. The molecule has 214 valence electrons. The van der Waals surface area contributed by atoms with E-state index in [9.17, 15) is 20.4 Å². The van der Waals surface area contributed by atoms with E-state index >= 15 is 0 Å².